The summed E-state index contributed by atoms with van der Waals surface area (Å²) in [6.45, 7) is 9.34. The smallest absolute Gasteiger partial charge is 0.315 e. The van der Waals surface area contributed by atoms with Crippen molar-refractivity contribution in [1.82, 2.24) is 5.32 Å². The van der Waals surface area contributed by atoms with Crippen molar-refractivity contribution >= 4 is 20.2 Å². The van der Waals surface area contributed by atoms with Gasteiger partial charge in [-0.15, -0.1) is 0 Å². The highest BCUT2D eigenvalue weighted by Gasteiger charge is 2.33. The standard InChI is InChI=1S/C9H15NO3Si/c1-6-5-7(10-8(6)11)9(12)13-14(2,3)4/h7H,1,5H2,2-4H3,(H,10,11). The summed E-state index contributed by atoms with van der Waals surface area (Å²) in [6.07, 6.45) is 0.363. The van der Waals surface area contributed by atoms with E-state index in [9.17, 15) is 9.59 Å². The van der Waals surface area contributed by atoms with E-state index in [1.54, 1.807) is 0 Å². The van der Waals surface area contributed by atoms with E-state index < -0.39 is 14.4 Å². The normalized spacial score (nSPS) is 22.1. The maximum absolute atomic E-state index is 11.5. The molecule has 1 unspecified atom stereocenters. The molecule has 1 heterocycles. The van der Waals surface area contributed by atoms with Crippen molar-refractivity contribution in [3.05, 3.63) is 12.2 Å². The average Bonchev–Trinajstić information content (AvgIpc) is 2.28. The van der Waals surface area contributed by atoms with Crippen molar-refractivity contribution in [3.63, 3.8) is 0 Å². The minimum absolute atomic E-state index is 0.248. The lowest BCUT2D eigenvalue weighted by Crippen LogP contribution is -2.40. The largest absolute Gasteiger partial charge is 0.518 e. The summed E-state index contributed by atoms with van der Waals surface area (Å²) in [7, 11) is -1.86. The summed E-state index contributed by atoms with van der Waals surface area (Å²) in [4.78, 5) is 22.6. The number of carbonyl (C=O) groups is 2. The van der Waals surface area contributed by atoms with Gasteiger partial charge in [0, 0.05) is 12.0 Å². The zero-order valence-electron chi connectivity index (χ0n) is 8.72. The van der Waals surface area contributed by atoms with Crippen LogP contribution >= 0.6 is 0 Å². The number of hydrogen-bond donors (Lipinski definition) is 1. The predicted octanol–water partition coefficient (Wildman–Crippen LogP) is 0.809. The fourth-order valence-corrected chi connectivity index (χ4v) is 1.91. The van der Waals surface area contributed by atoms with Crippen LogP contribution in [-0.2, 0) is 14.0 Å². The number of nitrogens with one attached hydrogen (secondary N) is 1. The average molecular weight is 213 g/mol. The van der Waals surface area contributed by atoms with E-state index in [-0.39, 0.29) is 11.9 Å². The van der Waals surface area contributed by atoms with Crippen LogP contribution in [0.3, 0.4) is 0 Å². The molecule has 0 aliphatic carbocycles. The maximum Gasteiger partial charge on any atom is 0.315 e. The number of hydrogen-bond acceptors (Lipinski definition) is 3. The van der Waals surface area contributed by atoms with E-state index in [0.717, 1.165) is 0 Å². The zero-order chi connectivity index (χ0) is 10.9. The van der Waals surface area contributed by atoms with Gasteiger partial charge in [-0.2, -0.15) is 0 Å². The summed E-state index contributed by atoms with van der Waals surface area (Å²) in [6, 6.07) is -0.526. The topological polar surface area (TPSA) is 55.4 Å². The molecule has 0 aromatic heterocycles. The van der Waals surface area contributed by atoms with Crippen molar-refractivity contribution in [1.29, 1.82) is 0 Å². The molecule has 4 nitrogen and oxygen atoms in total. The quantitative estimate of drug-likeness (QED) is 0.545. The van der Waals surface area contributed by atoms with E-state index >= 15 is 0 Å². The molecule has 1 atom stereocenters. The Balaban J connectivity index is 2.56. The minimum atomic E-state index is -1.86. The minimum Gasteiger partial charge on any atom is -0.518 e. The first-order valence-electron chi connectivity index (χ1n) is 4.51. The van der Waals surface area contributed by atoms with Crippen LogP contribution in [0, 0.1) is 0 Å². The third kappa shape index (κ3) is 2.70. The lowest BCUT2D eigenvalue weighted by atomic mass is 10.2. The van der Waals surface area contributed by atoms with Crippen molar-refractivity contribution in [2.45, 2.75) is 32.1 Å². The van der Waals surface area contributed by atoms with Crippen molar-refractivity contribution in [2.75, 3.05) is 0 Å². The molecule has 1 amide bonds. The van der Waals surface area contributed by atoms with Crippen LogP contribution in [0.1, 0.15) is 6.42 Å². The van der Waals surface area contributed by atoms with E-state index in [2.05, 4.69) is 11.9 Å². The van der Waals surface area contributed by atoms with Crippen LogP contribution in [-0.4, -0.2) is 26.2 Å². The molecular weight excluding hydrogens is 198 g/mol. The van der Waals surface area contributed by atoms with Crippen LogP contribution in [0.4, 0.5) is 0 Å². The lowest BCUT2D eigenvalue weighted by molar-refractivity contribution is -0.138. The molecule has 0 bridgehead atoms. The summed E-state index contributed by atoms with van der Waals surface area (Å²) >= 11 is 0. The molecular formula is C9H15NO3Si. The molecule has 0 aromatic rings. The second kappa shape index (κ2) is 3.57. The van der Waals surface area contributed by atoms with Gasteiger partial charge in [0.1, 0.15) is 6.04 Å². The number of carbonyl (C=O) groups excluding carboxylic acids is 2. The second-order valence-corrected chi connectivity index (χ2v) is 8.80. The van der Waals surface area contributed by atoms with Gasteiger partial charge >= 0.3 is 5.97 Å². The molecule has 1 aliphatic rings. The Kier molecular flexibility index (Phi) is 2.80. The monoisotopic (exact) mass is 213 g/mol. The third-order valence-electron chi connectivity index (χ3n) is 1.77. The Hall–Kier alpha value is -1.10. The molecule has 1 N–H and O–H groups in total. The molecule has 0 radical (unpaired) electrons. The van der Waals surface area contributed by atoms with Gasteiger partial charge in [0.15, 0.2) is 0 Å². The first-order valence-corrected chi connectivity index (χ1v) is 7.92. The van der Waals surface area contributed by atoms with Crippen molar-refractivity contribution < 1.29 is 14.0 Å². The van der Waals surface area contributed by atoms with Gasteiger partial charge in [0.25, 0.3) is 0 Å². The summed E-state index contributed by atoms with van der Waals surface area (Å²) in [5.74, 6) is -0.585. The molecule has 1 saturated heterocycles. The highest BCUT2D eigenvalue weighted by Crippen LogP contribution is 2.15. The Bertz CT molecular complexity index is 277. The fraction of sp³-hybridized carbons (Fsp3) is 0.556. The van der Waals surface area contributed by atoms with Gasteiger partial charge in [-0.3, -0.25) is 9.59 Å². The van der Waals surface area contributed by atoms with Gasteiger partial charge in [-0.05, 0) is 19.6 Å². The van der Waals surface area contributed by atoms with E-state index in [0.29, 0.717) is 12.0 Å². The van der Waals surface area contributed by atoms with Gasteiger partial charge < -0.3 is 9.74 Å². The Labute approximate surface area is 84.5 Å². The highest BCUT2D eigenvalue weighted by atomic mass is 28.4. The molecule has 78 valence electrons. The van der Waals surface area contributed by atoms with Gasteiger partial charge in [0.05, 0.1) is 0 Å². The van der Waals surface area contributed by atoms with Crippen LogP contribution in [0.2, 0.25) is 19.6 Å². The van der Waals surface area contributed by atoms with Gasteiger partial charge in [-0.1, -0.05) is 6.58 Å². The van der Waals surface area contributed by atoms with E-state index in [1.165, 1.54) is 0 Å². The Morgan fingerprint density at radius 3 is 2.50 bits per heavy atom. The van der Waals surface area contributed by atoms with Gasteiger partial charge in [-0.25, -0.2) is 0 Å². The van der Waals surface area contributed by atoms with Crippen LogP contribution in [0.5, 0.6) is 0 Å². The van der Waals surface area contributed by atoms with Crippen molar-refractivity contribution in [3.8, 4) is 0 Å². The lowest BCUT2D eigenvalue weighted by Gasteiger charge is -2.19. The summed E-state index contributed by atoms with van der Waals surface area (Å²) in [5.41, 5.74) is 0.447. The molecule has 5 heteroatoms. The first-order chi connectivity index (χ1) is 6.29. The molecule has 0 saturated carbocycles. The fourth-order valence-electron chi connectivity index (χ4n) is 1.17. The Morgan fingerprint density at radius 1 is 1.57 bits per heavy atom. The number of amides is 1. The highest BCUT2D eigenvalue weighted by molar-refractivity contribution is 6.71. The van der Waals surface area contributed by atoms with E-state index in [4.69, 9.17) is 4.43 Å². The first kappa shape index (κ1) is 11.0. The predicted molar refractivity (Wildman–Crippen MR) is 55.1 cm³/mol. The molecule has 1 aliphatic heterocycles. The number of rotatable bonds is 2. The summed E-state index contributed by atoms with van der Waals surface area (Å²) in [5, 5.41) is 2.54. The second-order valence-electron chi connectivity index (χ2n) is 4.37. The maximum atomic E-state index is 11.5. The molecule has 1 fully saturated rings. The van der Waals surface area contributed by atoms with Crippen LogP contribution in [0.15, 0.2) is 12.2 Å². The molecule has 0 spiro atoms. The molecule has 0 aromatic carbocycles. The van der Waals surface area contributed by atoms with Crippen LogP contribution < -0.4 is 5.32 Å². The molecule has 14 heavy (non-hydrogen) atoms. The summed E-state index contributed by atoms with van der Waals surface area (Å²) < 4.78 is 5.26. The van der Waals surface area contributed by atoms with Crippen LogP contribution in [0.25, 0.3) is 0 Å². The van der Waals surface area contributed by atoms with Crippen molar-refractivity contribution in [2.24, 2.45) is 0 Å². The zero-order valence-corrected chi connectivity index (χ0v) is 9.72. The SMILES string of the molecule is C=C1CC(C(=O)O[Si](C)(C)C)NC1=O. The molecule has 1 rings (SSSR count). The van der Waals surface area contributed by atoms with Gasteiger partial charge in [0.2, 0.25) is 14.2 Å². The Morgan fingerprint density at radius 2 is 2.14 bits per heavy atom. The third-order valence-corrected chi connectivity index (χ3v) is 2.58. The van der Waals surface area contributed by atoms with E-state index in [1.807, 2.05) is 19.6 Å².